The smallest absolute Gasteiger partial charge is 0.252 e. The van der Waals surface area contributed by atoms with Crippen LogP contribution in [0.2, 0.25) is 0 Å². The molecule has 24 heavy (non-hydrogen) atoms. The Balaban J connectivity index is 1.72. The van der Waals surface area contributed by atoms with Gasteiger partial charge in [-0.25, -0.2) is 0 Å². The fourth-order valence-electron chi connectivity index (χ4n) is 3.04. The summed E-state index contributed by atoms with van der Waals surface area (Å²) in [5.41, 5.74) is 1.88. The number of benzene rings is 1. The van der Waals surface area contributed by atoms with Crippen molar-refractivity contribution in [2.45, 2.75) is 62.8 Å². The van der Waals surface area contributed by atoms with E-state index >= 15 is 0 Å². The van der Waals surface area contributed by atoms with Gasteiger partial charge in [0.15, 0.2) is 5.82 Å². The van der Waals surface area contributed by atoms with Gasteiger partial charge in [-0.1, -0.05) is 24.5 Å². The highest BCUT2D eigenvalue weighted by Crippen LogP contribution is 2.36. The molecule has 128 valence electrons. The molecule has 0 radical (unpaired) electrons. The van der Waals surface area contributed by atoms with Gasteiger partial charge < -0.3 is 9.88 Å². The predicted molar refractivity (Wildman–Crippen MR) is 96.2 cm³/mol. The second-order valence-corrected chi connectivity index (χ2v) is 7.58. The first-order valence-electron chi connectivity index (χ1n) is 8.59. The van der Waals surface area contributed by atoms with Crippen molar-refractivity contribution in [1.29, 1.82) is 0 Å². The van der Waals surface area contributed by atoms with Crippen molar-refractivity contribution >= 4 is 17.7 Å². The molecule has 1 N–H and O–H groups in total. The van der Waals surface area contributed by atoms with Gasteiger partial charge in [-0.2, -0.15) is 0 Å². The molecule has 1 aliphatic carbocycles. The number of rotatable bonds is 6. The number of nitrogens with zero attached hydrogens (tertiary/aromatic N) is 3. The summed E-state index contributed by atoms with van der Waals surface area (Å²) in [7, 11) is 0. The molecule has 5 nitrogen and oxygen atoms in total. The van der Waals surface area contributed by atoms with Gasteiger partial charge in [-0.3, -0.25) is 4.79 Å². The Labute approximate surface area is 147 Å². The first-order valence-corrected chi connectivity index (χ1v) is 9.47. The molecule has 0 atom stereocenters. The fraction of sp³-hybridized carbons (Fsp3) is 0.500. The van der Waals surface area contributed by atoms with Crippen LogP contribution in [-0.4, -0.2) is 25.9 Å². The molecule has 1 saturated carbocycles. The van der Waals surface area contributed by atoms with E-state index in [1.54, 1.807) is 6.33 Å². The van der Waals surface area contributed by atoms with Gasteiger partial charge in [0, 0.05) is 16.7 Å². The van der Waals surface area contributed by atoms with Gasteiger partial charge in [0.25, 0.3) is 5.91 Å². The quantitative estimate of drug-likeness (QED) is 0.870. The van der Waals surface area contributed by atoms with Gasteiger partial charge in [0.1, 0.15) is 6.33 Å². The van der Waals surface area contributed by atoms with Crippen LogP contribution in [0.3, 0.4) is 0 Å². The lowest BCUT2D eigenvalue weighted by atomic mass is 10.1. The summed E-state index contributed by atoms with van der Waals surface area (Å²) in [6.45, 7) is 5.25. The highest BCUT2D eigenvalue weighted by atomic mass is 32.2. The second-order valence-electron chi connectivity index (χ2n) is 6.24. The molecule has 1 aromatic carbocycles. The molecule has 0 bridgehead atoms. The van der Waals surface area contributed by atoms with Crippen LogP contribution in [-0.2, 0) is 13.1 Å². The Kier molecular flexibility index (Phi) is 5.56. The Bertz CT molecular complexity index is 707. The second kappa shape index (κ2) is 7.83. The van der Waals surface area contributed by atoms with Crippen molar-refractivity contribution in [1.82, 2.24) is 20.1 Å². The summed E-state index contributed by atoms with van der Waals surface area (Å²) in [5.74, 6) is 0.744. The molecule has 1 fully saturated rings. The lowest BCUT2D eigenvalue weighted by molar-refractivity contribution is 0.0946. The van der Waals surface area contributed by atoms with E-state index in [0.717, 1.165) is 28.4 Å². The zero-order valence-electron chi connectivity index (χ0n) is 14.3. The largest absolute Gasteiger partial charge is 0.345 e. The van der Waals surface area contributed by atoms with E-state index in [2.05, 4.69) is 27.6 Å². The lowest BCUT2D eigenvalue weighted by Gasteiger charge is -2.14. The third-order valence-electron chi connectivity index (χ3n) is 4.42. The molecule has 6 heteroatoms. The van der Waals surface area contributed by atoms with E-state index in [-0.39, 0.29) is 5.91 Å². The van der Waals surface area contributed by atoms with Crippen LogP contribution in [0.15, 0.2) is 29.4 Å². The van der Waals surface area contributed by atoms with Crippen LogP contribution in [0.5, 0.6) is 0 Å². The maximum Gasteiger partial charge on any atom is 0.252 e. The van der Waals surface area contributed by atoms with Gasteiger partial charge in [0.05, 0.1) is 12.1 Å². The average Bonchev–Trinajstić information content (AvgIpc) is 3.25. The van der Waals surface area contributed by atoms with E-state index in [1.807, 2.05) is 36.2 Å². The zero-order valence-corrected chi connectivity index (χ0v) is 15.1. The number of nitrogens with one attached hydrogen (secondary N) is 1. The van der Waals surface area contributed by atoms with Crippen LogP contribution < -0.4 is 5.32 Å². The molecule has 0 spiro atoms. The molecule has 1 amide bonds. The summed E-state index contributed by atoms with van der Waals surface area (Å²) in [6.07, 6.45) is 6.80. The third-order valence-corrected chi connectivity index (χ3v) is 5.83. The maximum absolute atomic E-state index is 12.7. The van der Waals surface area contributed by atoms with Crippen molar-refractivity contribution in [2.24, 2.45) is 0 Å². The van der Waals surface area contributed by atoms with Crippen LogP contribution in [0.25, 0.3) is 0 Å². The fourth-order valence-corrected chi connectivity index (χ4v) is 4.40. The van der Waals surface area contributed by atoms with E-state index in [1.165, 1.54) is 25.7 Å². The summed E-state index contributed by atoms with van der Waals surface area (Å²) < 4.78 is 1.94. The van der Waals surface area contributed by atoms with Crippen molar-refractivity contribution in [3.05, 3.63) is 41.5 Å². The third kappa shape index (κ3) is 3.98. The SMILES string of the molecule is CCn1cnnc1CNC(=O)c1cc(C)ccc1SC1CCCC1. The number of carbonyl (C=O) groups is 1. The molecular formula is C18H24N4OS. The van der Waals surface area contributed by atoms with E-state index in [4.69, 9.17) is 0 Å². The summed E-state index contributed by atoms with van der Waals surface area (Å²) in [6, 6.07) is 6.15. The Hall–Kier alpha value is -1.82. The molecule has 1 aliphatic rings. The number of aromatic nitrogens is 3. The highest BCUT2D eigenvalue weighted by Gasteiger charge is 2.20. The Morgan fingerprint density at radius 1 is 1.38 bits per heavy atom. The molecule has 3 rings (SSSR count). The number of thioether (sulfide) groups is 1. The van der Waals surface area contributed by atoms with Crippen LogP contribution in [0, 0.1) is 6.92 Å². The summed E-state index contributed by atoms with van der Waals surface area (Å²) in [4.78, 5) is 13.8. The van der Waals surface area contributed by atoms with Crippen LogP contribution in [0.1, 0.15) is 54.4 Å². The first-order chi connectivity index (χ1) is 11.7. The summed E-state index contributed by atoms with van der Waals surface area (Å²) >= 11 is 1.85. The number of aryl methyl sites for hydroxylation is 2. The van der Waals surface area contributed by atoms with Crippen molar-refractivity contribution in [3.63, 3.8) is 0 Å². The normalized spacial score (nSPS) is 14.9. The van der Waals surface area contributed by atoms with E-state index in [0.29, 0.717) is 11.8 Å². The first kappa shape index (κ1) is 17.0. The van der Waals surface area contributed by atoms with E-state index in [9.17, 15) is 4.79 Å². The number of hydrogen-bond donors (Lipinski definition) is 1. The zero-order chi connectivity index (χ0) is 16.9. The minimum Gasteiger partial charge on any atom is -0.345 e. The Morgan fingerprint density at radius 2 is 2.17 bits per heavy atom. The molecule has 0 unspecified atom stereocenters. The number of amides is 1. The molecule has 0 aliphatic heterocycles. The monoisotopic (exact) mass is 344 g/mol. The van der Waals surface area contributed by atoms with Crippen molar-refractivity contribution in [2.75, 3.05) is 0 Å². The average molecular weight is 344 g/mol. The lowest BCUT2D eigenvalue weighted by Crippen LogP contribution is -2.25. The molecule has 2 aromatic rings. The number of carbonyl (C=O) groups excluding carboxylic acids is 1. The molecule has 0 saturated heterocycles. The van der Waals surface area contributed by atoms with Gasteiger partial charge in [-0.05, 0) is 38.8 Å². The van der Waals surface area contributed by atoms with Gasteiger partial charge >= 0.3 is 0 Å². The van der Waals surface area contributed by atoms with Gasteiger partial charge in [-0.15, -0.1) is 22.0 Å². The number of hydrogen-bond acceptors (Lipinski definition) is 4. The van der Waals surface area contributed by atoms with E-state index < -0.39 is 0 Å². The minimum absolute atomic E-state index is 0.0372. The predicted octanol–water partition coefficient (Wildman–Crippen LogP) is 3.57. The van der Waals surface area contributed by atoms with Crippen molar-refractivity contribution < 1.29 is 4.79 Å². The van der Waals surface area contributed by atoms with Crippen molar-refractivity contribution in [3.8, 4) is 0 Å². The van der Waals surface area contributed by atoms with Gasteiger partial charge in [0.2, 0.25) is 0 Å². The molecular weight excluding hydrogens is 320 g/mol. The standard InChI is InChI=1S/C18H24N4OS/c1-3-22-12-20-21-17(22)11-19-18(23)15-10-13(2)8-9-16(15)24-14-6-4-5-7-14/h8-10,12,14H,3-7,11H2,1-2H3,(H,19,23). The Morgan fingerprint density at radius 3 is 2.92 bits per heavy atom. The van der Waals surface area contributed by atoms with Crippen LogP contribution in [0.4, 0.5) is 0 Å². The highest BCUT2D eigenvalue weighted by molar-refractivity contribution is 8.00. The maximum atomic E-state index is 12.7. The summed E-state index contributed by atoms with van der Waals surface area (Å²) in [5, 5.41) is 11.6. The topological polar surface area (TPSA) is 59.8 Å². The van der Waals surface area contributed by atoms with Crippen LogP contribution >= 0.6 is 11.8 Å². The molecule has 1 aromatic heterocycles. The minimum atomic E-state index is -0.0372. The molecule has 1 heterocycles.